The van der Waals surface area contributed by atoms with E-state index < -0.39 is 6.10 Å². The van der Waals surface area contributed by atoms with Gasteiger partial charge in [0.05, 0.1) is 0 Å². The Morgan fingerprint density at radius 2 is 1.92 bits per heavy atom. The molecular formula is C7H13NO2S2. The van der Waals surface area contributed by atoms with Gasteiger partial charge >= 0.3 is 0 Å². The molecule has 0 saturated carbocycles. The van der Waals surface area contributed by atoms with E-state index in [1.807, 2.05) is 0 Å². The molecule has 0 aromatic carbocycles. The van der Waals surface area contributed by atoms with Gasteiger partial charge in [-0.15, -0.1) is 0 Å². The third-order valence-electron chi connectivity index (χ3n) is 1.64. The average Bonchev–Trinajstić information content (AvgIpc) is 2.30. The first-order valence-electron chi connectivity index (χ1n) is 3.93. The zero-order valence-corrected chi connectivity index (χ0v) is 8.66. The summed E-state index contributed by atoms with van der Waals surface area (Å²) in [6, 6.07) is 0. The Morgan fingerprint density at radius 3 is 2.33 bits per heavy atom. The molecular weight excluding hydrogens is 194 g/mol. The summed E-state index contributed by atoms with van der Waals surface area (Å²) in [6.07, 6.45) is -0.849. The molecule has 1 heterocycles. The van der Waals surface area contributed by atoms with E-state index in [9.17, 15) is 4.79 Å². The molecule has 70 valence electrons. The number of rotatable bonds is 1. The SMILES string of the molecule is C[C@H](O)C(=O)N1CCSSCC1. The van der Waals surface area contributed by atoms with Crippen molar-refractivity contribution in [2.75, 3.05) is 24.6 Å². The van der Waals surface area contributed by atoms with Gasteiger partial charge in [-0.3, -0.25) is 4.79 Å². The van der Waals surface area contributed by atoms with Gasteiger partial charge in [-0.1, -0.05) is 21.6 Å². The maximum Gasteiger partial charge on any atom is 0.251 e. The lowest BCUT2D eigenvalue weighted by Gasteiger charge is -2.20. The Hall–Kier alpha value is 0.130. The maximum absolute atomic E-state index is 11.3. The summed E-state index contributed by atoms with van der Waals surface area (Å²) < 4.78 is 0. The summed E-state index contributed by atoms with van der Waals surface area (Å²) in [5.74, 6) is 1.78. The lowest BCUT2D eigenvalue weighted by atomic mass is 10.3. The van der Waals surface area contributed by atoms with Crippen molar-refractivity contribution in [2.24, 2.45) is 0 Å². The Labute approximate surface area is 80.3 Å². The summed E-state index contributed by atoms with van der Waals surface area (Å²) >= 11 is 0. The molecule has 3 nitrogen and oxygen atoms in total. The fraction of sp³-hybridized carbons (Fsp3) is 0.857. The minimum Gasteiger partial charge on any atom is -0.384 e. The number of hydrogen-bond donors (Lipinski definition) is 1. The highest BCUT2D eigenvalue weighted by Crippen LogP contribution is 2.23. The average molecular weight is 207 g/mol. The van der Waals surface area contributed by atoms with Gasteiger partial charge < -0.3 is 10.0 Å². The molecule has 1 aliphatic heterocycles. The zero-order chi connectivity index (χ0) is 8.97. The molecule has 1 saturated heterocycles. The molecule has 1 rings (SSSR count). The van der Waals surface area contributed by atoms with Crippen molar-refractivity contribution in [3.05, 3.63) is 0 Å². The van der Waals surface area contributed by atoms with Crippen LogP contribution in [-0.2, 0) is 4.79 Å². The van der Waals surface area contributed by atoms with E-state index in [1.165, 1.54) is 6.92 Å². The number of aliphatic hydroxyl groups is 1. The number of aliphatic hydroxyl groups excluding tert-OH is 1. The number of nitrogens with zero attached hydrogens (tertiary/aromatic N) is 1. The molecule has 0 spiro atoms. The molecule has 1 atom stereocenters. The monoisotopic (exact) mass is 207 g/mol. The van der Waals surface area contributed by atoms with Gasteiger partial charge in [0.1, 0.15) is 6.10 Å². The highest BCUT2D eigenvalue weighted by atomic mass is 33.1. The number of carbonyl (C=O) groups is 1. The predicted molar refractivity (Wildman–Crippen MR) is 53.2 cm³/mol. The quantitative estimate of drug-likeness (QED) is 0.639. The molecule has 1 N–H and O–H groups in total. The van der Waals surface area contributed by atoms with Crippen molar-refractivity contribution in [1.29, 1.82) is 0 Å². The van der Waals surface area contributed by atoms with Crippen molar-refractivity contribution in [3.63, 3.8) is 0 Å². The standard InChI is InChI=1S/C7H13NO2S2/c1-6(9)7(10)8-2-4-11-12-5-3-8/h6,9H,2-5H2,1H3/t6-/m0/s1. The first kappa shape index (κ1) is 10.2. The Morgan fingerprint density at radius 1 is 1.42 bits per heavy atom. The van der Waals surface area contributed by atoms with Crippen LogP contribution in [0.25, 0.3) is 0 Å². The molecule has 0 bridgehead atoms. The summed E-state index contributed by atoms with van der Waals surface area (Å²) in [5, 5.41) is 9.06. The van der Waals surface area contributed by atoms with Gasteiger partial charge in [-0.25, -0.2) is 0 Å². The van der Waals surface area contributed by atoms with Crippen LogP contribution >= 0.6 is 21.6 Å². The first-order chi connectivity index (χ1) is 5.72. The van der Waals surface area contributed by atoms with Gasteiger partial charge in [0.25, 0.3) is 5.91 Å². The van der Waals surface area contributed by atoms with E-state index in [0.29, 0.717) is 0 Å². The Bertz CT molecular complexity index is 155. The molecule has 0 unspecified atom stereocenters. The predicted octanol–water partition coefficient (Wildman–Crippen LogP) is 0.591. The van der Waals surface area contributed by atoms with Crippen molar-refractivity contribution >= 4 is 27.5 Å². The van der Waals surface area contributed by atoms with E-state index >= 15 is 0 Å². The molecule has 0 aromatic rings. The van der Waals surface area contributed by atoms with Crippen LogP contribution in [0.3, 0.4) is 0 Å². The maximum atomic E-state index is 11.3. The van der Waals surface area contributed by atoms with Crippen LogP contribution in [0, 0.1) is 0 Å². The summed E-state index contributed by atoms with van der Waals surface area (Å²) in [7, 11) is 3.58. The van der Waals surface area contributed by atoms with E-state index in [0.717, 1.165) is 24.6 Å². The molecule has 1 aliphatic rings. The van der Waals surface area contributed by atoms with Crippen molar-refractivity contribution < 1.29 is 9.90 Å². The Balaban J connectivity index is 2.43. The first-order valence-corrected chi connectivity index (χ1v) is 6.42. The Kier molecular flexibility index (Phi) is 4.25. The van der Waals surface area contributed by atoms with Gasteiger partial charge in [-0.05, 0) is 6.92 Å². The van der Waals surface area contributed by atoms with Crippen molar-refractivity contribution in [3.8, 4) is 0 Å². The van der Waals surface area contributed by atoms with Gasteiger partial charge in [0.15, 0.2) is 0 Å². The largest absolute Gasteiger partial charge is 0.384 e. The smallest absolute Gasteiger partial charge is 0.251 e. The van der Waals surface area contributed by atoms with Crippen molar-refractivity contribution in [1.82, 2.24) is 4.90 Å². The summed E-state index contributed by atoms with van der Waals surface area (Å²) in [4.78, 5) is 13.0. The van der Waals surface area contributed by atoms with E-state index in [4.69, 9.17) is 5.11 Å². The lowest BCUT2D eigenvalue weighted by molar-refractivity contribution is -0.138. The summed E-state index contributed by atoms with van der Waals surface area (Å²) in [5.41, 5.74) is 0. The fourth-order valence-electron chi connectivity index (χ4n) is 1.01. The molecule has 1 fully saturated rings. The van der Waals surface area contributed by atoms with Crippen LogP contribution in [-0.4, -0.2) is 46.6 Å². The summed E-state index contributed by atoms with van der Waals surface area (Å²) in [6.45, 7) is 3.05. The van der Waals surface area contributed by atoms with E-state index in [-0.39, 0.29) is 5.91 Å². The third kappa shape index (κ3) is 2.88. The van der Waals surface area contributed by atoms with Crippen molar-refractivity contribution in [2.45, 2.75) is 13.0 Å². The van der Waals surface area contributed by atoms with Crippen LogP contribution in [0.2, 0.25) is 0 Å². The van der Waals surface area contributed by atoms with E-state index in [1.54, 1.807) is 26.5 Å². The molecule has 0 radical (unpaired) electrons. The minimum absolute atomic E-state index is 0.141. The van der Waals surface area contributed by atoms with Crippen LogP contribution in [0.15, 0.2) is 0 Å². The highest BCUT2D eigenvalue weighted by molar-refractivity contribution is 8.76. The van der Waals surface area contributed by atoms with Crippen LogP contribution < -0.4 is 0 Å². The molecule has 0 aromatic heterocycles. The zero-order valence-electron chi connectivity index (χ0n) is 7.02. The van der Waals surface area contributed by atoms with E-state index in [2.05, 4.69) is 0 Å². The third-order valence-corrected chi connectivity index (χ3v) is 4.01. The molecule has 1 amide bonds. The fourth-order valence-corrected chi connectivity index (χ4v) is 2.99. The molecule has 0 aliphatic carbocycles. The topological polar surface area (TPSA) is 40.5 Å². The van der Waals surface area contributed by atoms with Crippen LogP contribution in [0.1, 0.15) is 6.92 Å². The van der Waals surface area contributed by atoms with Gasteiger partial charge in [0, 0.05) is 24.6 Å². The van der Waals surface area contributed by atoms with Crippen LogP contribution in [0.5, 0.6) is 0 Å². The second-order valence-electron chi connectivity index (χ2n) is 2.65. The number of hydrogen-bond acceptors (Lipinski definition) is 4. The second-order valence-corrected chi connectivity index (χ2v) is 5.35. The second kappa shape index (κ2) is 4.99. The molecule has 12 heavy (non-hydrogen) atoms. The van der Waals surface area contributed by atoms with Crippen LogP contribution in [0.4, 0.5) is 0 Å². The number of carbonyl (C=O) groups excluding carboxylic acids is 1. The number of amides is 1. The van der Waals surface area contributed by atoms with Gasteiger partial charge in [0.2, 0.25) is 0 Å². The molecule has 5 heteroatoms. The normalized spacial score (nSPS) is 21.7. The lowest BCUT2D eigenvalue weighted by Crippen LogP contribution is -2.39. The minimum atomic E-state index is -0.849. The van der Waals surface area contributed by atoms with Gasteiger partial charge in [-0.2, -0.15) is 0 Å². The highest BCUT2D eigenvalue weighted by Gasteiger charge is 2.19.